The molecule has 0 unspecified atom stereocenters. The first-order valence-electron chi connectivity index (χ1n) is 5.21. The molecule has 0 atom stereocenters. The normalized spacial score (nSPS) is 12.5. The first kappa shape index (κ1) is 11.2. The van der Waals surface area contributed by atoms with Crippen molar-refractivity contribution < 1.29 is 0 Å². The zero-order valence-corrected chi connectivity index (χ0v) is 10.1. The first-order valence-corrected chi connectivity index (χ1v) is 5.21. The third kappa shape index (κ3) is 2.34. The molecule has 0 aliphatic rings. The molecule has 80 valence electrons. The van der Waals surface area contributed by atoms with Crippen LogP contribution in [0.4, 0.5) is 0 Å². The topological polar surface area (TPSA) is 30.7 Å². The van der Waals surface area contributed by atoms with Crippen molar-refractivity contribution in [1.82, 2.24) is 15.0 Å². The molecule has 0 aliphatic carbocycles. The van der Waals surface area contributed by atoms with Gasteiger partial charge >= 0.3 is 0 Å². The van der Waals surface area contributed by atoms with E-state index in [0.717, 1.165) is 12.1 Å². The summed E-state index contributed by atoms with van der Waals surface area (Å²) in [4.78, 5) is 0. The van der Waals surface area contributed by atoms with Crippen LogP contribution in [0.5, 0.6) is 0 Å². The largest absolute Gasteiger partial charge is 0.252 e. The van der Waals surface area contributed by atoms with E-state index in [9.17, 15) is 0 Å². The Morgan fingerprint density at radius 3 is 2.29 bits per heavy atom. The van der Waals surface area contributed by atoms with Crippen LogP contribution < -0.4 is 0 Å². The molecule has 0 bridgehead atoms. The highest BCUT2D eigenvalue weighted by Crippen LogP contribution is 2.25. The SMILES string of the molecule is CC(C)Cc1nnn(C)c1C(C)(C)C. The fourth-order valence-corrected chi connectivity index (χ4v) is 1.84. The van der Waals surface area contributed by atoms with Crippen molar-refractivity contribution in [1.29, 1.82) is 0 Å². The lowest BCUT2D eigenvalue weighted by molar-refractivity contribution is 0.511. The summed E-state index contributed by atoms with van der Waals surface area (Å²) in [7, 11) is 1.97. The van der Waals surface area contributed by atoms with E-state index in [4.69, 9.17) is 0 Å². The van der Waals surface area contributed by atoms with Crippen LogP contribution in [-0.2, 0) is 18.9 Å². The third-order valence-corrected chi connectivity index (χ3v) is 2.21. The minimum atomic E-state index is 0.127. The predicted molar refractivity (Wildman–Crippen MR) is 58.2 cm³/mol. The van der Waals surface area contributed by atoms with Crippen molar-refractivity contribution in [2.45, 2.75) is 46.5 Å². The number of hydrogen-bond acceptors (Lipinski definition) is 2. The molecule has 1 heterocycles. The minimum absolute atomic E-state index is 0.127. The summed E-state index contributed by atoms with van der Waals surface area (Å²) in [5.74, 6) is 0.632. The van der Waals surface area contributed by atoms with Crippen molar-refractivity contribution in [2.24, 2.45) is 13.0 Å². The second kappa shape index (κ2) is 3.71. The molecule has 0 fully saturated rings. The average Bonchev–Trinajstić information content (AvgIpc) is 2.28. The molecule has 0 saturated heterocycles. The molecule has 14 heavy (non-hydrogen) atoms. The molecule has 0 radical (unpaired) electrons. The van der Waals surface area contributed by atoms with E-state index < -0.39 is 0 Å². The summed E-state index contributed by atoms with van der Waals surface area (Å²) in [5.41, 5.74) is 2.53. The fourth-order valence-electron chi connectivity index (χ4n) is 1.84. The second-order valence-corrected chi connectivity index (χ2v) is 5.36. The van der Waals surface area contributed by atoms with E-state index in [0.29, 0.717) is 5.92 Å². The number of hydrogen-bond donors (Lipinski definition) is 0. The van der Waals surface area contributed by atoms with Gasteiger partial charge in [0.25, 0.3) is 0 Å². The van der Waals surface area contributed by atoms with Gasteiger partial charge in [-0.2, -0.15) is 0 Å². The maximum absolute atomic E-state index is 4.24. The molecule has 1 aromatic heterocycles. The molecular formula is C11H21N3. The van der Waals surface area contributed by atoms with E-state index >= 15 is 0 Å². The van der Waals surface area contributed by atoms with Gasteiger partial charge in [-0.15, -0.1) is 5.10 Å². The Balaban J connectivity index is 3.07. The van der Waals surface area contributed by atoms with Crippen LogP contribution in [0.1, 0.15) is 46.0 Å². The van der Waals surface area contributed by atoms with Gasteiger partial charge in [0.15, 0.2) is 0 Å². The van der Waals surface area contributed by atoms with Crippen LogP contribution in [0.2, 0.25) is 0 Å². The number of nitrogens with zero attached hydrogens (tertiary/aromatic N) is 3. The summed E-state index contributed by atoms with van der Waals surface area (Å²) in [5, 5.41) is 8.34. The lowest BCUT2D eigenvalue weighted by atomic mass is 9.88. The van der Waals surface area contributed by atoms with E-state index in [1.54, 1.807) is 0 Å². The van der Waals surface area contributed by atoms with Gasteiger partial charge < -0.3 is 0 Å². The summed E-state index contributed by atoms with van der Waals surface area (Å²) >= 11 is 0. The summed E-state index contributed by atoms with van der Waals surface area (Å²) < 4.78 is 1.90. The highest BCUT2D eigenvalue weighted by atomic mass is 15.4. The van der Waals surface area contributed by atoms with Crippen LogP contribution in [-0.4, -0.2) is 15.0 Å². The Morgan fingerprint density at radius 2 is 1.86 bits per heavy atom. The predicted octanol–water partition coefficient (Wildman–Crippen LogP) is 2.31. The lowest BCUT2D eigenvalue weighted by Crippen LogP contribution is -2.19. The zero-order valence-electron chi connectivity index (χ0n) is 10.1. The first-order chi connectivity index (χ1) is 6.32. The maximum atomic E-state index is 4.24. The van der Waals surface area contributed by atoms with Crippen LogP contribution in [0.25, 0.3) is 0 Å². The van der Waals surface area contributed by atoms with E-state index in [2.05, 4.69) is 44.9 Å². The van der Waals surface area contributed by atoms with Gasteiger partial charge in [0.2, 0.25) is 0 Å². The zero-order chi connectivity index (χ0) is 10.9. The second-order valence-electron chi connectivity index (χ2n) is 5.36. The van der Waals surface area contributed by atoms with Crippen LogP contribution in [0.3, 0.4) is 0 Å². The molecule has 0 aromatic carbocycles. The van der Waals surface area contributed by atoms with Gasteiger partial charge in [0.1, 0.15) is 0 Å². The number of aryl methyl sites for hydroxylation is 1. The smallest absolute Gasteiger partial charge is 0.0867 e. The van der Waals surface area contributed by atoms with Gasteiger partial charge in [0.05, 0.1) is 11.4 Å². The molecule has 3 heteroatoms. The van der Waals surface area contributed by atoms with Gasteiger partial charge in [-0.3, -0.25) is 4.68 Å². The van der Waals surface area contributed by atoms with Gasteiger partial charge in [-0.05, 0) is 12.3 Å². The quantitative estimate of drug-likeness (QED) is 0.725. The molecule has 3 nitrogen and oxygen atoms in total. The van der Waals surface area contributed by atoms with Crippen LogP contribution >= 0.6 is 0 Å². The highest BCUT2D eigenvalue weighted by Gasteiger charge is 2.23. The van der Waals surface area contributed by atoms with Crippen molar-refractivity contribution in [3.05, 3.63) is 11.4 Å². The summed E-state index contributed by atoms with van der Waals surface area (Å²) in [6.07, 6.45) is 1.01. The summed E-state index contributed by atoms with van der Waals surface area (Å²) in [6.45, 7) is 11.0. The molecular weight excluding hydrogens is 174 g/mol. The Bertz CT molecular complexity index is 305. The van der Waals surface area contributed by atoms with Crippen LogP contribution in [0, 0.1) is 5.92 Å². The monoisotopic (exact) mass is 195 g/mol. The third-order valence-electron chi connectivity index (χ3n) is 2.21. The number of aromatic nitrogens is 3. The van der Waals surface area contributed by atoms with Gasteiger partial charge in [-0.25, -0.2) is 0 Å². The lowest BCUT2D eigenvalue weighted by Gasteiger charge is -2.20. The van der Waals surface area contributed by atoms with Crippen molar-refractivity contribution in [2.75, 3.05) is 0 Å². The molecule has 0 saturated carbocycles. The number of rotatable bonds is 2. The van der Waals surface area contributed by atoms with Gasteiger partial charge in [-0.1, -0.05) is 39.8 Å². The van der Waals surface area contributed by atoms with E-state index in [-0.39, 0.29) is 5.41 Å². The summed E-state index contributed by atoms with van der Waals surface area (Å²) in [6, 6.07) is 0. The van der Waals surface area contributed by atoms with Crippen molar-refractivity contribution >= 4 is 0 Å². The average molecular weight is 195 g/mol. The van der Waals surface area contributed by atoms with E-state index in [1.807, 2.05) is 11.7 Å². The van der Waals surface area contributed by atoms with Crippen LogP contribution in [0.15, 0.2) is 0 Å². The van der Waals surface area contributed by atoms with E-state index in [1.165, 1.54) is 5.69 Å². The Labute approximate surface area is 86.5 Å². The molecule has 1 aromatic rings. The minimum Gasteiger partial charge on any atom is -0.252 e. The molecule has 0 spiro atoms. The van der Waals surface area contributed by atoms with Crippen molar-refractivity contribution in [3.8, 4) is 0 Å². The Kier molecular flexibility index (Phi) is 2.98. The molecule has 0 amide bonds. The molecule has 1 rings (SSSR count). The standard InChI is InChI=1S/C11H21N3/c1-8(2)7-9-10(11(3,4)5)14(6)13-12-9/h8H,7H2,1-6H3. The molecule has 0 N–H and O–H groups in total. The fraction of sp³-hybridized carbons (Fsp3) is 0.818. The highest BCUT2D eigenvalue weighted by molar-refractivity contribution is 5.19. The van der Waals surface area contributed by atoms with Gasteiger partial charge in [0, 0.05) is 12.5 Å². The molecule has 0 aliphatic heterocycles. The van der Waals surface area contributed by atoms with Crippen molar-refractivity contribution in [3.63, 3.8) is 0 Å². The Hall–Kier alpha value is -0.860. The maximum Gasteiger partial charge on any atom is 0.0867 e. The Morgan fingerprint density at radius 1 is 1.29 bits per heavy atom.